The van der Waals surface area contributed by atoms with Crippen molar-refractivity contribution in [3.63, 3.8) is 0 Å². The third kappa shape index (κ3) is 5.34. The van der Waals surface area contributed by atoms with Gasteiger partial charge in [0.2, 0.25) is 0 Å². The quantitative estimate of drug-likeness (QED) is 0.550. The average molecular weight is 443 g/mol. The number of carbonyl (C=O) groups excluding carboxylic acids is 2. The van der Waals surface area contributed by atoms with Crippen molar-refractivity contribution in [2.24, 2.45) is 0 Å². The molecule has 3 rings (SSSR count). The molecule has 0 spiro atoms. The molecule has 1 aromatic heterocycles. The van der Waals surface area contributed by atoms with E-state index in [2.05, 4.69) is 10.6 Å². The number of benzene rings is 2. The minimum absolute atomic E-state index is 0.175. The van der Waals surface area contributed by atoms with E-state index in [1.54, 1.807) is 41.8 Å². The zero-order chi connectivity index (χ0) is 21.6. The minimum atomic E-state index is -3.75. The molecular formula is C22H22N2O4S2. The average Bonchev–Trinajstić information content (AvgIpc) is 3.27. The Morgan fingerprint density at radius 3 is 2.20 bits per heavy atom. The van der Waals surface area contributed by atoms with Gasteiger partial charge in [-0.2, -0.15) is 0 Å². The molecule has 0 bridgehead atoms. The first kappa shape index (κ1) is 21.7. The van der Waals surface area contributed by atoms with Gasteiger partial charge < -0.3 is 10.6 Å². The van der Waals surface area contributed by atoms with Gasteiger partial charge in [0.15, 0.2) is 9.84 Å². The smallest absolute Gasteiger partial charge is 0.309 e. The van der Waals surface area contributed by atoms with E-state index in [1.807, 2.05) is 37.3 Å². The van der Waals surface area contributed by atoms with Crippen LogP contribution in [-0.2, 0) is 26.0 Å². The van der Waals surface area contributed by atoms with Gasteiger partial charge in [0, 0.05) is 18.0 Å². The Labute approximate surface area is 179 Å². The van der Waals surface area contributed by atoms with Crippen LogP contribution in [0.15, 0.2) is 77.0 Å². The number of sulfone groups is 1. The molecule has 2 aromatic carbocycles. The summed E-state index contributed by atoms with van der Waals surface area (Å²) in [4.78, 5) is 25.1. The predicted molar refractivity (Wildman–Crippen MR) is 117 cm³/mol. The minimum Gasteiger partial charge on any atom is -0.346 e. The highest BCUT2D eigenvalue weighted by molar-refractivity contribution is 7.91. The summed E-state index contributed by atoms with van der Waals surface area (Å²) in [7, 11) is -3.75. The summed E-state index contributed by atoms with van der Waals surface area (Å²) < 4.78 is 26.4. The Morgan fingerprint density at radius 1 is 0.900 bits per heavy atom. The van der Waals surface area contributed by atoms with Crippen molar-refractivity contribution in [3.05, 3.63) is 88.1 Å². The molecule has 0 radical (unpaired) electrons. The highest BCUT2D eigenvalue weighted by Gasteiger charge is 2.31. The standard InChI is InChI=1S/C22H22N2O4S2/c1-16-9-11-18(12-10-16)30(27,28)20(19-8-5-13-29-19)15-24-22(26)21(25)23-14-17-6-3-2-4-7-17/h2-13,20H,14-15H2,1H3,(H,23,25)(H,24,26). The molecule has 0 saturated heterocycles. The van der Waals surface area contributed by atoms with Crippen molar-refractivity contribution >= 4 is 33.0 Å². The summed E-state index contributed by atoms with van der Waals surface area (Å²) in [6.45, 7) is 1.89. The number of hydrogen-bond donors (Lipinski definition) is 2. The van der Waals surface area contributed by atoms with Crippen LogP contribution in [0.5, 0.6) is 0 Å². The normalized spacial score (nSPS) is 12.2. The summed E-state index contributed by atoms with van der Waals surface area (Å²) in [5, 5.41) is 5.81. The molecule has 0 aliphatic heterocycles. The zero-order valence-electron chi connectivity index (χ0n) is 16.4. The molecule has 0 saturated carbocycles. The number of hydrogen-bond acceptors (Lipinski definition) is 5. The van der Waals surface area contributed by atoms with Crippen LogP contribution in [0, 0.1) is 6.92 Å². The lowest BCUT2D eigenvalue weighted by molar-refractivity contribution is -0.139. The summed E-state index contributed by atoms with van der Waals surface area (Å²) in [6.07, 6.45) is 0. The van der Waals surface area contributed by atoms with Crippen molar-refractivity contribution in [2.45, 2.75) is 23.6 Å². The molecule has 1 atom stereocenters. The lowest BCUT2D eigenvalue weighted by Crippen LogP contribution is -2.42. The predicted octanol–water partition coefficient (Wildman–Crippen LogP) is 3.00. The molecule has 1 heterocycles. The maximum absolute atomic E-state index is 13.2. The van der Waals surface area contributed by atoms with Crippen LogP contribution in [0.1, 0.15) is 21.3 Å². The van der Waals surface area contributed by atoms with Crippen molar-refractivity contribution in [3.8, 4) is 0 Å². The van der Waals surface area contributed by atoms with E-state index in [0.29, 0.717) is 4.88 Å². The molecule has 6 nitrogen and oxygen atoms in total. The summed E-state index contributed by atoms with van der Waals surface area (Å²) in [6, 6.07) is 19.2. The van der Waals surface area contributed by atoms with Gasteiger partial charge in [-0.1, -0.05) is 54.1 Å². The number of nitrogens with one attached hydrogen (secondary N) is 2. The third-order valence-electron chi connectivity index (χ3n) is 4.53. The molecule has 2 amide bonds. The van der Waals surface area contributed by atoms with E-state index in [1.165, 1.54) is 11.3 Å². The number of amides is 2. The summed E-state index contributed by atoms with van der Waals surface area (Å²) in [5.41, 5.74) is 1.81. The fourth-order valence-corrected chi connectivity index (χ4v) is 5.64. The van der Waals surface area contributed by atoms with E-state index < -0.39 is 26.9 Å². The molecule has 3 aromatic rings. The second-order valence-corrected chi connectivity index (χ2v) is 9.85. The van der Waals surface area contributed by atoms with Crippen LogP contribution >= 0.6 is 11.3 Å². The SMILES string of the molecule is Cc1ccc(S(=O)(=O)C(CNC(=O)C(=O)NCc2ccccc2)c2cccs2)cc1. The van der Waals surface area contributed by atoms with E-state index in [4.69, 9.17) is 0 Å². The number of thiophene rings is 1. The largest absolute Gasteiger partial charge is 0.346 e. The Kier molecular flexibility index (Phi) is 7.02. The number of carbonyl (C=O) groups is 2. The van der Waals surface area contributed by atoms with Crippen LogP contribution in [0.2, 0.25) is 0 Å². The third-order valence-corrected chi connectivity index (χ3v) is 7.77. The number of aryl methyl sites for hydroxylation is 1. The Balaban J connectivity index is 1.69. The van der Waals surface area contributed by atoms with Crippen LogP contribution < -0.4 is 10.6 Å². The fraction of sp³-hybridized carbons (Fsp3) is 0.182. The maximum atomic E-state index is 13.2. The molecule has 1 unspecified atom stereocenters. The second-order valence-electron chi connectivity index (χ2n) is 6.74. The van der Waals surface area contributed by atoms with Gasteiger partial charge in [0.25, 0.3) is 0 Å². The van der Waals surface area contributed by atoms with Gasteiger partial charge in [-0.25, -0.2) is 8.42 Å². The van der Waals surface area contributed by atoms with Crippen molar-refractivity contribution in [2.75, 3.05) is 6.54 Å². The first-order valence-corrected chi connectivity index (χ1v) is 11.7. The van der Waals surface area contributed by atoms with Crippen molar-refractivity contribution < 1.29 is 18.0 Å². The van der Waals surface area contributed by atoms with Gasteiger partial charge in [-0.15, -0.1) is 11.3 Å². The number of rotatable bonds is 7. The summed E-state index contributed by atoms with van der Waals surface area (Å²) in [5.74, 6) is -1.68. The molecule has 2 N–H and O–H groups in total. The summed E-state index contributed by atoms with van der Waals surface area (Å²) >= 11 is 1.29. The van der Waals surface area contributed by atoms with E-state index >= 15 is 0 Å². The van der Waals surface area contributed by atoms with Gasteiger partial charge in [-0.3, -0.25) is 9.59 Å². The van der Waals surface area contributed by atoms with Gasteiger partial charge >= 0.3 is 11.8 Å². The van der Waals surface area contributed by atoms with Crippen LogP contribution in [0.4, 0.5) is 0 Å². The Morgan fingerprint density at radius 2 is 1.57 bits per heavy atom. The lowest BCUT2D eigenvalue weighted by atomic mass is 10.2. The van der Waals surface area contributed by atoms with Gasteiger partial charge in [-0.05, 0) is 36.1 Å². The Hall–Kier alpha value is -2.97. The molecule has 0 fully saturated rings. The van der Waals surface area contributed by atoms with Crippen LogP contribution in [0.3, 0.4) is 0 Å². The van der Waals surface area contributed by atoms with Crippen molar-refractivity contribution in [1.29, 1.82) is 0 Å². The zero-order valence-corrected chi connectivity index (χ0v) is 18.0. The molecule has 8 heteroatoms. The highest BCUT2D eigenvalue weighted by atomic mass is 32.2. The lowest BCUT2D eigenvalue weighted by Gasteiger charge is -2.17. The van der Waals surface area contributed by atoms with E-state index in [-0.39, 0.29) is 18.0 Å². The van der Waals surface area contributed by atoms with E-state index in [0.717, 1.165) is 11.1 Å². The molecular weight excluding hydrogens is 420 g/mol. The highest BCUT2D eigenvalue weighted by Crippen LogP contribution is 2.31. The maximum Gasteiger partial charge on any atom is 0.309 e. The molecule has 0 aliphatic rings. The monoisotopic (exact) mass is 442 g/mol. The van der Waals surface area contributed by atoms with Crippen LogP contribution in [0.25, 0.3) is 0 Å². The van der Waals surface area contributed by atoms with Crippen LogP contribution in [-0.4, -0.2) is 26.8 Å². The Bertz CT molecular complexity index is 1090. The van der Waals surface area contributed by atoms with Crippen molar-refractivity contribution in [1.82, 2.24) is 10.6 Å². The van der Waals surface area contributed by atoms with Gasteiger partial charge in [0.05, 0.1) is 4.90 Å². The van der Waals surface area contributed by atoms with E-state index in [9.17, 15) is 18.0 Å². The second kappa shape index (κ2) is 9.69. The topological polar surface area (TPSA) is 92.3 Å². The molecule has 156 valence electrons. The molecule has 0 aliphatic carbocycles. The first-order valence-electron chi connectivity index (χ1n) is 9.32. The molecule has 30 heavy (non-hydrogen) atoms. The fourth-order valence-electron chi connectivity index (χ4n) is 2.85. The first-order chi connectivity index (χ1) is 14.4. The van der Waals surface area contributed by atoms with Gasteiger partial charge in [0.1, 0.15) is 5.25 Å².